The molecule has 1 saturated heterocycles. The van der Waals surface area contributed by atoms with Gasteiger partial charge in [-0.05, 0) is 32.2 Å². The van der Waals surface area contributed by atoms with Crippen LogP contribution in [0, 0.1) is 12.8 Å². The fraction of sp³-hybridized carbons (Fsp3) is 0.824. The smallest absolute Gasteiger partial charge is 0.131 e. The van der Waals surface area contributed by atoms with Gasteiger partial charge in [-0.1, -0.05) is 19.3 Å². The van der Waals surface area contributed by atoms with E-state index in [1.165, 1.54) is 43.5 Å². The van der Waals surface area contributed by atoms with Gasteiger partial charge in [-0.15, -0.1) is 0 Å². The van der Waals surface area contributed by atoms with Crippen LogP contribution in [0.25, 0.3) is 0 Å². The molecule has 0 amide bonds. The molecular weight excluding hydrogens is 276 g/mol. The maximum atomic E-state index is 5.48. The van der Waals surface area contributed by atoms with Crippen LogP contribution >= 0.6 is 0 Å². The van der Waals surface area contributed by atoms with Crippen molar-refractivity contribution in [1.82, 2.24) is 15.1 Å². The minimum atomic E-state index is 0.819. The number of rotatable bonds is 5. The van der Waals surface area contributed by atoms with E-state index in [-0.39, 0.29) is 0 Å². The molecule has 1 N–H and O–H groups in total. The molecule has 3 rings (SSSR count). The molecule has 5 nitrogen and oxygen atoms in total. The van der Waals surface area contributed by atoms with Crippen LogP contribution in [0.5, 0.6) is 0 Å². The van der Waals surface area contributed by atoms with E-state index >= 15 is 0 Å². The lowest BCUT2D eigenvalue weighted by Gasteiger charge is -2.30. The van der Waals surface area contributed by atoms with Crippen LogP contribution < -0.4 is 10.2 Å². The quantitative estimate of drug-likeness (QED) is 0.906. The molecule has 0 atom stereocenters. The van der Waals surface area contributed by atoms with Gasteiger partial charge in [0.05, 0.1) is 18.9 Å². The number of nitrogens with one attached hydrogen (secondary N) is 1. The molecular formula is C17H30N4O. The molecule has 0 aromatic carbocycles. The number of morpholine rings is 1. The number of hydrogen-bond acceptors (Lipinski definition) is 4. The van der Waals surface area contributed by atoms with Gasteiger partial charge in [0.1, 0.15) is 5.82 Å². The molecule has 22 heavy (non-hydrogen) atoms. The number of ether oxygens (including phenoxy) is 1. The maximum Gasteiger partial charge on any atom is 0.131 e. The van der Waals surface area contributed by atoms with E-state index in [0.29, 0.717) is 0 Å². The highest BCUT2D eigenvalue weighted by atomic mass is 16.5. The first-order chi connectivity index (χ1) is 10.8. The Kier molecular flexibility index (Phi) is 5.37. The third kappa shape index (κ3) is 3.63. The zero-order valence-corrected chi connectivity index (χ0v) is 14.1. The molecule has 1 aliphatic heterocycles. The van der Waals surface area contributed by atoms with Crippen molar-refractivity contribution >= 4 is 5.82 Å². The van der Waals surface area contributed by atoms with Crippen LogP contribution in [0.1, 0.15) is 43.4 Å². The molecule has 0 radical (unpaired) electrons. The molecule has 2 heterocycles. The Bertz CT molecular complexity index is 473. The fourth-order valence-corrected chi connectivity index (χ4v) is 3.86. The number of nitrogens with zero attached hydrogens (tertiary/aromatic N) is 3. The van der Waals surface area contributed by atoms with E-state index in [1.807, 2.05) is 4.68 Å². The van der Waals surface area contributed by atoms with Crippen molar-refractivity contribution in [2.24, 2.45) is 13.0 Å². The van der Waals surface area contributed by atoms with E-state index in [2.05, 4.69) is 29.3 Å². The summed E-state index contributed by atoms with van der Waals surface area (Å²) in [6, 6.07) is 0. The highest BCUT2D eigenvalue weighted by Gasteiger charge is 2.21. The summed E-state index contributed by atoms with van der Waals surface area (Å²) in [5.41, 5.74) is 2.51. The minimum Gasteiger partial charge on any atom is -0.378 e. The third-order valence-electron chi connectivity index (χ3n) is 5.08. The highest BCUT2D eigenvalue weighted by molar-refractivity contribution is 5.50. The highest BCUT2D eigenvalue weighted by Crippen LogP contribution is 2.25. The van der Waals surface area contributed by atoms with Crippen LogP contribution in [-0.2, 0) is 18.3 Å². The lowest BCUT2D eigenvalue weighted by atomic mass is 9.89. The number of aryl methyl sites for hydroxylation is 2. The Morgan fingerprint density at radius 1 is 1.18 bits per heavy atom. The normalized spacial score (nSPS) is 20.5. The van der Waals surface area contributed by atoms with Gasteiger partial charge in [0.15, 0.2) is 0 Å². The van der Waals surface area contributed by atoms with Crippen LogP contribution in [-0.4, -0.2) is 42.6 Å². The molecule has 5 heteroatoms. The fourth-order valence-electron chi connectivity index (χ4n) is 3.86. The maximum absolute atomic E-state index is 5.48. The molecule has 2 aliphatic rings. The molecule has 0 unspecified atom stereocenters. The molecule has 1 saturated carbocycles. The van der Waals surface area contributed by atoms with Gasteiger partial charge in [-0.2, -0.15) is 5.10 Å². The second-order valence-electron chi connectivity index (χ2n) is 6.75. The van der Waals surface area contributed by atoms with Gasteiger partial charge in [-0.3, -0.25) is 4.68 Å². The second-order valence-corrected chi connectivity index (χ2v) is 6.75. The predicted octanol–water partition coefficient (Wildman–Crippen LogP) is 2.24. The molecule has 0 bridgehead atoms. The standard InChI is InChI=1S/C17H30N4O/c1-14-16(13-18-12-15-6-4-3-5-7-15)17(20(2)19-14)21-8-10-22-11-9-21/h15,18H,3-13H2,1-2H3. The van der Waals surface area contributed by atoms with Crippen molar-refractivity contribution in [2.45, 2.75) is 45.6 Å². The zero-order valence-electron chi connectivity index (χ0n) is 14.1. The van der Waals surface area contributed by atoms with Gasteiger partial charge in [0.25, 0.3) is 0 Å². The first-order valence-corrected chi connectivity index (χ1v) is 8.81. The van der Waals surface area contributed by atoms with Crippen molar-refractivity contribution in [3.05, 3.63) is 11.3 Å². The van der Waals surface area contributed by atoms with Crippen LogP contribution in [0.2, 0.25) is 0 Å². The number of anilines is 1. The summed E-state index contributed by atoms with van der Waals surface area (Å²) >= 11 is 0. The van der Waals surface area contributed by atoms with Crippen molar-refractivity contribution < 1.29 is 4.74 Å². The number of aromatic nitrogens is 2. The summed E-state index contributed by atoms with van der Waals surface area (Å²) in [5.74, 6) is 2.15. The number of hydrogen-bond donors (Lipinski definition) is 1. The molecule has 1 aliphatic carbocycles. The summed E-state index contributed by atoms with van der Waals surface area (Å²) < 4.78 is 7.52. The van der Waals surface area contributed by atoms with Crippen molar-refractivity contribution in [2.75, 3.05) is 37.7 Å². The Morgan fingerprint density at radius 3 is 2.64 bits per heavy atom. The van der Waals surface area contributed by atoms with Gasteiger partial charge in [0.2, 0.25) is 0 Å². The van der Waals surface area contributed by atoms with Crippen LogP contribution in [0.3, 0.4) is 0 Å². The Labute approximate surface area is 134 Å². The average molecular weight is 306 g/mol. The van der Waals surface area contributed by atoms with E-state index < -0.39 is 0 Å². The van der Waals surface area contributed by atoms with Crippen LogP contribution in [0.15, 0.2) is 0 Å². The molecule has 1 aromatic heterocycles. The van der Waals surface area contributed by atoms with Crippen molar-refractivity contribution in [3.8, 4) is 0 Å². The van der Waals surface area contributed by atoms with E-state index in [0.717, 1.165) is 51.0 Å². The SMILES string of the molecule is Cc1nn(C)c(N2CCOCC2)c1CNCC1CCCCC1. The first kappa shape index (κ1) is 15.8. The van der Waals surface area contributed by atoms with E-state index in [4.69, 9.17) is 4.74 Å². The molecule has 124 valence electrons. The van der Waals surface area contributed by atoms with E-state index in [1.54, 1.807) is 0 Å². The molecule has 1 aromatic rings. The monoisotopic (exact) mass is 306 g/mol. The largest absolute Gasteiger partial charge is 0.378 e. The average Bonchev–Trinajstić information content (AvgIpc) is 2.83. The van der Waals surface area contributed by atoms with Gasteiger partial charge < -0.3 is 15.0 Å². The zero-order chi connectivity index (χ0) is 15.4. The third-order valence-corrected chi connectivity index (χ3v) is 5.08. The Hall–Kier alpha value is -1.07. The second kappa shape index (κ2) is 7.47. The minimum absolute atomic E-state index is 0.819. The summed E-state index contributed by atoms with van der Waals surface area (Å²) in [6.45, 7) is 7.78. The summed E-state index contributed by atoms with van der Waals surface area (Å²) in [6.07, 6.45) is 7.05. The first-order valence-electron chi connectivity index (χ1n) is 8.81. The Balaban J connectivity index is 1.61. The summed E-state index contributed by atoms with van der Waals surface area (Å²) in [5, 5.41) is 8.34. The molecule has 2 fully saturated rings. The lowest BCUT2D eigenvalue weighted by molar-refractivity contribution is 0.122. The predicted molar refractivity (Wildman–Crippen MR) is 89.3 cm³/mol. The Morgan fingerprint density at radius 2 is 1.91 bits per heavy atom. The van der Waals surface area contributed by atoms with Gasteiger partial charge in [0, 0.05) is 32.2 Å². The van der Waals surface area contributed by atoms with Crippen molar-refractivity contribution in [3.63, 3.8) is 0 Å². The van der Waals surface area contributed by atoms with Gasteiger partial charge in [-0.25, -0.2) is 0 Å². The van der Waals surface area contributed by atoms with E-state index in [9.17, 15) is 0 Å². The lowest BCUT2D eigenvalue weighted by Crippen LogP contribution is -2.38. The summed E-state index contributed by atoms with van der Waals surface area (Å²) in [4.78, 5) is 2.42. The molecule has 0 spiro atoms. The van der Waals surface area contributed by atoms with Crippen molar-refractivity contribution in [1.29, 1.82) is 0 Å². The topological polar surface area (TPSA) is 42.3 Å². The summed E-state index contributed by atoms with van der Waals surface area (Å²) in [7, 11) is 2.06. The van der Waals surface area contributed by atoms with Gasteiger partial charge >= 0.3 is 0 Å². The van der Waals surface area contributed by atoms with Crippen LogP contribution in [0.4, 0.5) is 5.82 Å².